The maximum Gasteiger partial charge on any atom is 0.393 e. The first kappa shape index (κ1) is 12.0. The van der Waals surface area contributed by atoms with Crippen molar-refractivity contribution in [3.05, 3.63) is 17.2 Å². The largest absolute Gasteiger partial charge is 0.393 e. The third-order valence-corrected chi connectivity index (χ3v) is 4.00. The van der Waals surface area contributed by atoms with Gasteiger partial charge in [0.1, 0.15) is 5.82 Å². The van der Waals surface area contributed by atoms with Crippen molar-refractivity contribution in [3.8, 4) is 0 Å². The molecule has 100 valence electrons. The van der Waals surface area contributed by atoms with Gasteiger partial charge in [0, 0.05) is 12.2 Å². The molecule has 0 saturated heterocycles. The normalized spacial score (nSPS) is 27.8. The molecule has 1 aliphatic heterocycles. The van der Waals surface area contributed by atoms with Gasteiger partial charge >= 0.3 is 6.18 Å². The van der Waals surface area contributed by atoms with E-state index in [1.54, 1.807) is 4.57 Å². The van der Waals surface area contributed by atoms with Crippen LogP contribution in [0.25, 0.3) is 0 Å². The van der Waals surface area contributed by atoms with Gasteiger partial charge < -0.3 is 10.3 Å². The van der Waals surface area contributed by atoms with Crippen LogP contribution in [0.1, 0.15) is 42.5 Å². The minimum absolute atomic E-state index is 0.00509. The van der Waals surface area contributed by atoms with Crippen molar-refractivity contribution < 1.29 is 13.2 Å². The van der Waals surface area contributed by atoms with Gasteiger partial charge in [0.15, 0.2) is 0 Å². The van der Waals surface area contributed by atoms with Crippen LogP contribution in [0.3, 0.4) is 0 Å². The molecule has 0 radical (unpaired) electrons. The Labute approximate surface area is 103 Å². The molecular formula is C12H16F3N3. The number of halogens is 3. The van der Waals surface area contributed by atoms with Gasteiger partial charge in [-0.1, -0.05) is 0 Å². The van der Waals surface area contributed by atoms with Crippen molar-refractivity contribution in [3.63, 3.8) is 0 Å². The van der Waals surface area contributed by atoms with Crippen LogP contribution in [0, 0.1) is 5.92 Å². The van der Waals surface area contributed by atoms with E-state index in [4.69, 9.17) is 5.73 Å². The van der Waals surface area contributed by atoms with Gasteiger partial charge in [-0.2, -0.15) is 13.2 Å². The number of alkyl halides is 3. The summed E-state index contributed by atoms with van der Waals surface area (Å²) in [6.07, 6.45) is -0.398. The van der Waals surface area contributed by atoms with Crippen LogP contribution >= 0.6 is 0 Å². The number of fused-ring (bicyclic) bond motifs is 3. The highest BCUT2D eigenvalue weighted by Crippen LogP contribution is 2.39. The highest BCUT2D eigenvalue weighted by molar-refractivity contribution is 5.23. The zero-order valence-corrected chi connectivity index (χ0v) is 10.0. The molecule has 0 amide bonds. The molecule has 0 bridgehead atoms. The summed E-state index contributed by atoms with van der Waals surface area (Å²) < 4.78 is 40.3. The highest BCUT2D eigenvalue weighted by Gasteiger charge is 2.44. The summed E-state index contributed by atoms with van der Waals surface area (Å²) >= 11 is 0. The molecule has 18 heavy (non-hydrogen) atoms. The Morgan fingerprint density at radius 1 is 1.22 bits per heavy atom. The average Bonchev–Trinajstić information content (AvgIpc) is 2.67. The number of aryl methyl sites for hydroxylation is 1. The quantitative estimate of drug-likeness (QED) is 0.777. The molecule has 3 rings (SSSR count). The van der Waals surface area contributed by atoms with E-state index >= 15 is 0 Å². The summed E-state index contributed by atoms with van der Waals surface area (Å²) in [6, 6.07) is -0.587. The van der Waals surface area contributed by atoms with Crippen LogP contribution in [-0.2, 0) is 19.4 Å². The molecule has 0 fully saturated rings. The van der Waals surface area contributed by atoms with Crippen LogP contribution in [0.5, 0.6) is 0 Å². The van der Waals surface area contributed by atoms with Crippen molar-refractivity contribution in [1.29, 1.82) is 0 Å². The predicted octanol–water partition coefficient (Wildman–Crippen LogP) is 2.34. The summed E-state index contributed by atoms with van der Waals surface area (Å²) in [7, 11) is 0. The molecule has 1 aromatic rings. The molecule has 1 aliphatic carbocycles. The van der Waals surface area contributed by atoms with E-state index in [0.717, 1.165) is 37.1 Å². The summed E-state index contributed by atoms with van der Waals surface area (Å²) in [6.45, 7) is -0.00509. The Balaban J connectivity index is 1.99. The summed E-state index contributed by atoms with van der Waals surface area (Å²) in [5.41, 5.74) is 7.82. The number of nitrogens with two attached hydrogens (primary N) is 1. The van der Waals surface area contributed by atoms with Crippen molar-refractivity contribution in [1.82, 2.24) is 9.55 Å². The molecular weight excluding hydrogens is 243 g/mol. The minimum atomic E-state index is -4.17. The van der Waals surface area contributed by atoms with E-state index in [9.17, 15) is 13.2 Å². The van der Waals surface area contributed by atoms with E-state index in [1.807, 2.05) is 0 Å². The molecule has 1 aromatic heterocycles. The fourth-order valence-electron chi connectivity index (χ4n) is 3.05. The zero-order valence-electron chi connectivity index (χ0n) is 10.0. The monoisotopic (exact) mass is 259 g/mol. The molecule has 2 heterocycles. The third-order valence-electron chi connectivity index (χ3n) is 4.00. The van der Waals surface area contributed by atoms with Crippen LogP contribution in [0.4, 0.5) is 13.2 Å². The summed E-state index contributed by atoms with van der Waals surface area (Å²) in [5, 5.41) is 0. The Bertz CT molecular complexity index is 464. The lowest BCUT2D eigenvalue weighted by atomic mass is 9.94. The summed E-state index contributed by atoms with van der Waals surface area (Å²) in [4.78, 5) is 4.46. The van der Waals surface area contributed by atoms with E-state index < -0.39 is 18.1 Å². The van der Waals surface area contributed by atoms with E-state index in [2.05, 4.69) is 4.98 Å². The number of hydrogen-bond acceptors (Lipinski definition) is 2. The second kappa shape index (κ2) is 3.98. The molecule has 3 nitrogen and oxygen atoms in total. The van der Waals surface area contributed by atoms with Gasteiger partial charge in [0.2, 0.25) is 0 Å². The second-order valence-electron chi connectivity index (χ2n) is 5.26. The van der Waals surface area contributed by atoms with Crippen molar-refractivity contribution in [2.45, 2.75) is 50.9 Å². The van der Waals surface area contributed by atoms with Gasteiger partial charge in [0.05, 0.1) is 17.7 Å². The molecule has 2 unspecified atom stereocenters. The molecule has 0 spiro atoms. The van der Waals surface area contributed by atoms with Gasteiger partial charge in [-0.25, -0.2) is 4.98 Å². The maximum atomic E-state index is 12.9. The molecule has 2 atom stereocenters. The first-order chi connectivity index (χ1) is 8.47. The smallest absolute Gasteiger partial charge is 0.330 e. The first-order valence-electron chi connectivity index (χ1n) is 6.37. The lowest BCUT2D eigenvalue weighted by Crippen LogP contribution is -2.37. The Hall–Kier alpha value is -1.04. The van der Waals surface area contributed by atoms with E-state index in [1.165, 1.54) is 0 Å². The minimum Gasteiger partial charge on any atom is -0.330 e. The zero-order chi connectivity index (χ0) is 12.9. The molecule has 0 aromatic carbocycles. The Kier molecular flexibility index (Phi) is 2.66. The van der Waals surface area contributed by atoms with Crippen molar-refractivity contribution in [2.24, 2.45) is 11.7 Å². The topological polar surface area (TPSA) is 43.8 Å². The number of nitrogens with zero attached hydrogens (tertiary/aromatic N) is 2. The molecule has 2 aliphatic rings. The number of hydrogen-bond donors (Lipinski definition) is 1. The maximum absolute atomic E-state index is 12.9. The third kappa shape index (κ3) is 1.83. The predicted molar refractivity (Wildman–Crippen MR) is 60.0 cm³/mol. The van der Waals surface area contributed by atoms with Crippen LogP contribution in [0.2, 0.25) is 0 Å². The molecule has 2 N–H and O–H groups in total. The average molecular weight is 259 g/mol. The van der Waals surface area contributed by atoms with Gasteiger partial charge in [-0.05, 0) is 32.1 Å². The van der Waals surface area contributed by atoms with Crippen LogP contribution in [-0.4, -0.2) is 15.7 Å². The lowest BCUT2D eigenvalue weighted by Gasteiger charge is -2.30. The van der Waals surface area contributed by atoms with E-state index in [-0.39, 0.29) is 13.0 Å². The van der Waals surface area contributed by atoms with Gasteiger partial charge in [0.25, 0.3) is 0 Å². The SMILES string of the molecule is NC1CC(C(F)(F)F)Cn2c1nc1c2CCCC1. The molecule has 6 heteroatoms. The van der Waals surface area contributed by atoms with Crippen molar-refractivity contribution in [2.75, 3.05) is 0 Å². The fraction of sp³-hybridized carbons (Fsp3) is 0.750. The van der Waals surface area contributed by atoms with Crippen molar-refractivity contribution >= 4 is 0 Å². The first-order valence-corrected chi connectivity index (χ1v) is 6.37. The number of rotatable bonds is 0. The van der Waals surface area contributed by atoms with Gasteiger partial charge in [-0.3, -0.25) is 0 Å². The molecule has 0 saturated carbocycles. The number of aromatic nitrogens is 2. The summed E-state index contributed by atoms with van der Waals surface area (Å²) in [5.74, 6) is -0.678. The van der Waals surface area contributed by atoms with Gasteiger partial charge in [-0.15, -0.1) is 0 Å². The van der Waals surface area contributed by atoms with E-state index in [0.29, 0.717) is 5.82 Å². The second-order valence-corrected chi connectivity index (χ2v) is 5.26. The number of imidazole rings is 1. The lowest BCUT2D eigenvalue weighted by molar-refractivity contribution is -0.184. The highest BCUT2D eigenvalue weighted by atomic mass is 19.4. The Morgan fingerprint density at radius 2 is 1.94 bits per heavy atom. The Morgan fingerprint density at radius 3 is 2.67 bits per heavy atom. The standard InChI is InChI=1S/C12H16F3N3/c13-12(14,15)7-5-8(16)11-17-9-3-1-2-4-10(9)18(11)6-7/h7-8H,1-6,16H2. The van der Waals surface area contributed by atoms with Crippen LogP contribution < -0.4 is 5.73 Å². The fourth-order valence-corrected chi connectivity index (χ4v) is 3.05. The van der Waals surface area contributed by atoms with Crippen LogP contribution in [0.15, 0.2) is 0 Å².